The monoisotopic (exact) mass is 525 g/mol. The molecule has 1 aromatic heterocycles. The molecule has 38 heavy (non-hydrogen) atoms. The van der Waals surface area contributed by atoms with Crippen molar-refractivity contribution in [3.63, 3.8) is 0 Å². The van der Waals surface area contributed by atoms with Crippen molar-refractivity contribution in [1.29, 1.82) is 0 Å². The van der Waals surface area contributed by atoms with Gasteiger partial charge < -0.3 is 42.0 Å². The Morgan fingerprint density at radius 1 is 0.895 bits per heavy atom. The zero-order chi connectivity index (χ0) is 27.8. The number of aromatic nitrogens is 1. The Morgan fingerprint density at radius 2 is 1.55 bits per heavy atom. The predicted octanol–water partition coefficient (Wildman–Crippen LogP) is -0.463. The van der Waals surface area contributed by atoms with E-state index in [-0.39, 0.29) is 18.6 Å². The number of aliphatic hydroxyl groups is 1. The maximum Gasteiger partial charge on any atom is 0.328 e. The quantitative estimate of drug-likeness (QED) is 0.155. The van der Waals surface area contributed by atoms with Crippen LogP contribution >= 0.6 is 0 Å². The summed E-state index contributed by atoms with van der Waals surface area (Å²) in [5.74, 6) is -3.44. The van der Waals surface area contributed by atoms with E-state index in [0.29, 0.717) is 5.56 Å². The van der Waals surface area contributed by atoms with Crippen molar-refractivity contribution >= 4 is 34.6 Å². The summed E-state index contributed by atoms with van der Waals surface area (Å²) in [6, 6.07) is 8.74. The van der Waals surface area contributed by atoms with Crippen molar-refractivity contribution in [3.8, 4) is 5.75 Å². The fourth-order valence-electron chi connectivity index (χ4n) is 3.85. The summed E-state index contributed by atoms with van der Waals surface area (Å²) in [6.07, 6.45) is 1.87. The Hall–Kier alpha value is -4.42. The largest absolute Gasteiger partial charge is 0.508 e. The molecule has 0 fully saturated rings. The van der Waals surface area contributed by atoms with Crippen LogP contribution < -0.4 is 21.7 Å². The number of aliphatic carboxylic acids is 1. The van der Waals surface area contributed by atoms with Crippen molar-refractivity contribution in [2.45, 2.75) is 43.9 Å². The van der Waals surface area contributed by atoms with Gasteiger partial charge in [-0.25, -0.2) is 4.79 Å². The Balaban J connectivity index is 1.69. The smallest absolute Gasteiger partial charge is 0.328 e. The lowest BCUT2D eigenvalue weighted by atomic mass is 10.0. The SMILES string of the molecule is CC(NC(=O)C(N)Cc1ccc(O)cc1)C(=O)NC(Cc1c[nH]c2ccccc12)C(=O)NC(CO)C(=O)O. The molecule has 1 heterocycles. The summed E-state index contributed by atoms with van der Waals surface area (Å²) in [7, 11) is 0. The molecular formula is C26H31N5O7. The number of hydrogen-bond acceptors (Lipinski definition) is 7. The standard InChI is InChI=1S/C26H31N5O7/c1-14(29-24(35)19(27)10-15-6-8-17(33)9-7-15)23(34)30-21(25(36)31-22(13-32)26(37)38)11-16-12-28-20-5-3-2-4-18(16)20/h2-9,12,14,19,21-22,28,32-33H,10-11,13,27H2,1H3,(H,29,35)(H,30,34)(H,31,36)(H,37,38). The number of carboxylic acid groups (broad SMARTS) is 1. The minimum atomic E-state index is -1.56. The number of nitrogens with one attached hydrogen (secondary N) is 4. The van der Waals surface area contributed by atoms with E-state index in [9.17, 15) is 34.5 Å². The first kappa shape index (κ1) is 28.2. The normalized spacial score (nSPS) is 14.2. The van der Waals surface area contributed by atoms with Crippen molar-refractivity contribution in [3.05, 3.63) is 65.9 Å². The number of fused-ring (bicyclic) bond motifs is 1. The molecule has 0 aliphatic carbocycles. The summed E-state index contributed by atoms with van der Waals surface area (Å²) >= 11 is 0. The van der Waals surface area contributed by atoms with Crippen LogP contribution in [0.5, 0.6) is 5.75 Å². The van der Waals surface area contributed by atoms with Gasteiger partial charge in [0.15, 0.2) is 0 Å². The van der Waals surface area contributed by atoms with Crippen LogP contribution in [-0.4, -0.2) is 74.8 Å². The van der Waals surface area contributed by atoms with Gasteiger partial charge in [-0.2, -0.15) is 0 Å². The van der Waals surface area contributed by atoms with E-state index in [1.165, 1.54) is 19.1 Å². The van der Waals surface area contributed by atoms with Crippen LogP contribution in [0.15, 0.2) is 54.7 Å². The predicted molar refractivity (Wildman–Crippen MR) is 138 cm³/mol. The van der Waals surface area contributed by atoms with E-state index in [4.69, 9.17) is 5.73 Å². The lowest BCUT2D eigenvalue weighted by Gasteiger charge is -2.23. The fraction of sp³-hybridized carbons (Fsp3) is 0.308. The van der Waals surface area contributed by atoms with Crippen LogP contribution in [0.4, 0.5) is 0 Å². The molecule has 0 aliphatic heterocycles. The molecule has 0 saturated heterocycles. The number of nitrogens with two attached hydrogens (primary N) is 1. The van der Waals surface area contributed by atoms with Crippen molar-refractivity contribution in [2.75, 3.05) is 6.61 Å². The molecule has 4 unspecified atom stereocenters. The number of amides is 3. The zero-order valence-corrected chi connectivity index (χ0v) is 20.7. The number of carbonyl (C=O) groups is 4. The van der Waals surface area contributed by atoms with Gasteiger partial charge in [0, 0.05) is 23.5 Å². The number of para-hydroxylation sites is 1. The maximum atomic E-state index is 13.0. The van der Waals surface area contributed by atoms with E-state index in [1.54, 1.807) is 18.3 Å². The fourth-order valence-corrected chi connectivity index (χ4v) is 3.85. The van der Waals surface area contributed by atoms with Gasteiger partial charge in [0.2, 0.25) is 17.7 Å². The molecule has 0 aliphatic rings. The number of phenols is 1. The molecule has 3 aromatic rings. The van der Waals surface area contributed by atoms with Gasteiger partial charge in [0.1, 0.15) is 23.9 Å². The summed E-state index contributed by atoms with van der Waals surface area (Å²) in [4.78, 5) is 52.9. The highest BCUT2D eigenvalue weighted by Gasteiger charge is 2.29. The molecule has 4 atom stereocenters. The van der Waals surface area contributed by atoms with Crippen molar-refractivity contribution in [1.82, 2.24) is 20.9 Å². The molecule has 0 spiro atoms. The number of aromatic amines is 1. The maximum absolute atomic E-state index is 13.0. The highest BCUT2D eigenvalue weighted by atomic mass is 16.4. The number of carboxylic acids is 1. The molecule has 9 N–H and O–H groups in total. The first-order chi connectivity index (χ1) is 18.1. The molecule has 3 rings (SSSR count). The third kappa shape index (κ3) is 7.31. The molecule has 12 heteroatoms. The molecule has 0 saturated carbocycles. The summed E-state index contributed by atoms with van der Waals surface area (Å²) < 4.78 is 0. The number of H-pyrrole nitrogens is 1. The Morgan fingerprint density at radius 3 is 2.21 bits per heavy atom. The van der Waals surface area contributed by atoms with E-state index in [1.807, 2.05) is 24.3 Å². The zero-order valence-electron chi connectivity index (χ0n) is 20.7. The second-order valence-corrected chi connectivity index (χ2v) is 8.91. The lowest BCUT2D eigenvalue weighted by molar-refractivity contribution is -0.143. The third-order valence-electron chi connectivity index (χ3n) is 6.01. The number of aromatic hydroxyl groups is 1. The van der Waals surface area contributed by atoms with Gasteiger partial charge >= 0.3 is 5.97 Å². The summed E-state index contributed by atoms with van der Waals surface area (Å²) in [5.41, 5.74) is 8.20. The Bertz CT molecular complexity index is 1290. The molecule has 2 aromatic carbocycles. The van der Waals surface area contributed by atoms with Gasteiger partial charge in [-0.3, -0.25) is 14.4 Å². The minimum Gasteiger partial charge on any atom is -0.508 e. The number of hydrogen-bond donors (Lipinski definition) is 8. The average Bonchev–Trinajstić information content (AvgIpc) is 3.30. The van der Waals surface area contributed by atoms with Gasteiger partial charge in [0.05, 0.1) is 12.6 Å². The molecular weight excluding hydrogens is 494 g/mol. The van der Waals surface area contributed by atoms with Gasteiger partial charge in [0.25, 0.3) is 0 Å². The molecule has 12 nitrogen and oxygen atoms in total. The summed E-state index contributed by atoms with van der Waals surface area (Å²) in [6.45, 7) is 0.592. The minimum absolute atomic E-state index is 0.0143. The van der Waals surface area contributed by atoms with Crippen LogP contribution in [0.2, 0.25) is 0 Å². The Kier molecular flexibility index (Phi) is 9.41. The van der Waals surface area contributed by atoms with E-state index < -0.39 is 54.5 Å². The highest BCUT2D eigenvalue weighted by Crippen LogP contribution is 2.19. The first-order valence-corrected chi connectivity index (χ1v) is 11.9. The van der Waals surface area contributed by atoms with Crippen LogP contribution in [0, 0.1) is 0 Å². The van der Waals surface area contributed by atoms with E-state index >= 15 is 0 Å². The van der Waals surface area contributed by atoms with Gasteiger partial charge in [-0.05, 0) is 42.7 Å². The number of phenolic OH excluding ortho intramolecular Hbond substituents is 1. The first-order valence-electron chi connectivity index (χ1n) is 11.9. The number of carbonyl (C=O) groups excluding carboxylic acids is 3. The van der Waals surface area contributed by atoms with Crippen molar-refractivity contribution < 1.29 is 34.5 Å². The second kappa shape index (κ2) is 12.7. The van der Waals surface area contributed by atoms with Crippen LogP contribution in [-0.2, 0) is 32.0 Å². The molecule has 0 radical (unpaired) electrons. The van der Waals surface area contributed by atoms with E-state index in [0.717, 1.165) is 16.5 Å². The second-order valence-electron chi connectivity index (χ2n) is 8.91. The topological polar surface area (TPSA) is 207 Å². The van der Waals surface area contributed by atoms with Crippen molar-refractivity contribution in [2.24, 2.45) is 5.73 Å². The van der Waals surface area contributed by atoms with Crippen LogP contribution in [0.25, 0.3) is 10.9 Å². The van der Waals surface area contributed by atoms with Crippen LogP contribution in [0.3, 0.4) is 0 Å². The van der Waals surface area contributed by atoms with Gasteiger partial charge in [-0.15, -0.1) is 0 Å². The lowest BCUT2D eigenvalue weighted by Crippen LogP contribution is -2.57. The van der Waals surface area contributed by atoms with Gasteiger partial charge in [-0.1, -0.05) is 30.3 Å². The Labute approximate surface area is 218 Å². The van der Waals surface area contributed by atoms with E-state index in [2.05, 4.69) is 20.9 Å². The number of aliphatic hydroxyl groups excluding tert-OH is 1. The van der Waals surface area contributed by atoms with Crippen LogP contribution in [0.1, 0.15) is 18.1 Å². The number of rotatable bonds is 12. The number of benzene rings is 2. The molecule has 3 amide bonds. The molecule has 202 valence electrons. The third-order valence-corrected chi connectivity index (χ3v) is 6.01. The highest BCUT2D eigenvalue weighted by molar-refractivity contribution is 5.94. The summed E-state index contributed by atoms with van der Waals surface area (Å²) in [5, 5.41) is 36.0. The molecule has 0 bridgehead atoms. The average molecular weight is 526 g/mol.